The lowest BCUT2D eigenvalue weighted by atomic mass is 10.1. The molecular formula is C9H8Cl2O. The van der Waals surface area contributed by atoms with Gasteiger partial charge < -0.3 is 0 Å². The van der Waals surface area contributed by atoms with E-state index in [1.54, 1.807) is 19.1 Å². The molecule has 1 aromatic carbocycles. The minimum atomic E-state index is 0.00562. The second-order valence-electron chi connectivity index (χ2n) is 2.59. The summed E-state index contributed by atoms with van der Waals surface area (Å²) in [6, 6.07) is 3.32. The summed E-state index contributed by atoms with van der Waals surface area (Å²) in [5, 5.41) is 0.948. The second kappa shape index (κ2) is 3.46. The highest BCUT2D eigenvalue weighted by Crippen LogP contribution is 2.27. The Morgan fingerprint density at radius 1 is 1.33 bits per heavy atom. The molecule has 3 heteroatoms. The second-order valence-corrected chi connectivity index (χ2v) is 3.38. The van der Waals surface area contributed by atoms with Crippen LogP contribution in [0.1, 0.15) is 22.8 Å². The van der Waals surface area contributed by atoms with Gasteiger partial charge in [-0.3, -0.25) is 4.79 Å². The molecule has 0 aromatic heterocycles. The van der Waals surface area contributed by atoms with Crippen molar-refractivity contribution in [3.8, 4) is 0 Å². The summed E-state index contributed by atoms with van der Waals surface area (Å²) < 4.78 is 0. The Hall–Kier alpha value is -0.530. The van der Waals surface area contributed by atoms with Crippen LogP contribution < -0.4 is 0 Å². The number of hydrogen-bond acceptors (Lipinski definition) is 1. The van der Waals surface area contributed by atoms with Crippen molar-refractivity contribution in [3.63, 3.8) is 0 Å². The molecule has 0 bridgehead atoms. The zero-order chi connectivity index (χ0) is 9.30. The van der Waals surface area contributed by atoms with Crippen LogP contribution in [-0.2, 0) is 0 Å². The predicted molar refractivity (Wildman–Crippen MR) is 51.2 cm³/mol. The largest absolute Gasteiger partial charge is 0.295 e. The van der Waals surface area contributed by atoms with E-state index in [0.717, 1.165) is 5.56 Å². The molecular weight excluding hydrogens is 195 g/mol. The number of hydrogen-bond donors (Lipinski definition) is 0. The predicted octanol–water partition coefficient (Wildman–Crippen LogP) is 3.50. The average molecular weight is 203 g/mol. The summed E-state index contributed by atoms with van der Waals surface area (Å²) in [7, 11) is 0. The summed E-state index contributed by atoms with van der Waals surface area (Å²) in [6.45, 7) is 3.29. The van der Waals surface area contributed by atoms with Gasteiger partial charge in [0, 0.05) is 5.56 Å². The Morgan fingerprint density at radius 2 is 1.92 bits per heavy atom. The van der Waals surface area contributed by atoms with Crippen molar-refractivity contribution in [3.05, 3.63) is 33.3 Å². The van der Waals surface area contributed by atoms with Crippen LogP contribution in [0, 0.1) is 6.92 Å². The lowest BCUT2D eigenvalue weighted by Gasteiger charge is -2.04. The van der Waals surface area contributed by atoms with E-state index in [1.807, 2.05) is 0 Å². The third kappa shape index (κ3) is 1.62. The molecule has 1 aromatic rings. The smallest absolute Gasteiger partial charge is 0.160 e. The SMILES string of the molecule is CC(=O)c1ccc(Cl)c(Cl)c1C. The zero-order valence-electron chi connectivity index (χ0n) is 6.82. The van der Waals surface area contributed by atoms with Crippen molar-refractivity contribution in [2.24, 2.45) is 0 Å². The molecule has 0 aliphatic rings. The number of rotatable bonds is 1. The Labute approximate surface area is 81.3 Å². The van der Waals surface area contributed by atoms with Crippen LogP contribution in [0.3, 0.4) is 0 Å². The van der Waals surface area contributed by atoms with Crippen LogP contribution in [0.25, 0.3) is 0 Å². The zero-order valence-corrected chi connectivity index (χ0v) is 8.33. The van der Waals surface area contributed by atoms with Crippen LogP contribution >= 0.6 is 23.2 Å². The van der Waals surface area contributed by atoms with Crippen molar-refractivity contribution in [1.29, 1.82) is 0 Å². The van der Waals surface area contributed by atoms with Gasteiger partial charge in [0.25, 0.3) is 0 Å². The summed E-state index contributed by atoms with van der Waals surface area (Å²) in [6.07, 6.45) is 0. The first-order chi connectivity index (χ1) is 5.54. The Balaban J connectivity index is 3.36. The molecule has 12 heavy (non-hydrogen) atoms. The first-order valence-electron chi connectivity index (χ1n) is 3.49. The minimum absolute atomic E-state index is 0.00562. The van der Waals surface area contributed by atoms with Gasteiger partial charge in [-0.1, -0.05) is 23.2 Å². The number of ketones is 1. The molecule has 0 aliphatic heterocycles. The number of Topliss-reactive ketones (excluding diaryl/α,β-unsaturated/α-hetero) is 1. The van der Waals surface area contributed by atoms with E-state index in [9.17, 15) is 4.79 Å². The van der Waals surface area contributed by atoms with Crippen LogP contribution in [0.15, 0.2) is 12.1 Å². The van der Waals surface area contributed by atoms with Gasteiger partial charge in [0.1, 0.15) is 0 Å². The third-order valence-electron chi connectivity index (χ3n) is 1.72. The van der Waals surface area contributed by atoms with Crippen molar-refractivity contribution < 1.29 is 4.79 Å². The highest BCUT2D eigenvalue weighted by Gasteiger charge is 2.08. The van der Waals surface area contributed by atoms with Crippen molar-refractivity contribution in [2.45, 2.75) is 13.8 Å². The van der Waals surface area contributed by atoms with Crippen molar-refractivity contribution in [2.75, 3.05) is 0 Å². The monoisotopic (exact) mass is 202 g/mol. The van der Waals surface area contributed by atoms with Gasteiger partial charge >= 0.3 is 0 Å². The van der Waals surface area contributed by atoms with E-state index in [0.29, 0.717) is 15.6 Å². The van der Waals surface area contributed by atoms with E-state index in [-0.39, 0.29) is 5.78 Å². The summed E-state index contributed by atoms with van der Waals surface area (Å²) in [5.41, 5.74) is 1.38. The first kappa shape index (κ1) is 9.56. The molecule has 0 unspecified atom stereocenters. The minimum Gasteiger partial charge on any atom is -0.295 e. The normalized spacial score (nSPS) is 10.0. The van der Waals surface area contributed by atoms with E-state index < -0.39 is 0 Å². The average Bonchev–Trinajstić information content (AvgIpc) is 2.00. The Bertz CT molecular complexity index is 332. The van der Waals surface area contributed by atoms with Gasteiger partial charge in [-0.2, -0.15) is 0 Å². The first-order valence-corrected chi connectivity index (χ1v) is 4.25. The molecule has 0 heterocycles. The molecule has 0 saturated carbocycles. The fraction of sp³-hybridized carbons (Fsp3) is 0.222. The maximum Gasteiger partial charge on any atom is 0.160 e. The van der Waals surface area contributed by atoms with Crippen LogP contribution in [-0.4, -0.2) is 5.78 Å². The van der Waals surface area contributed by atoms with E-state index in [2.05, 4.69) is 0 Å². The maximum atomic E-state index is 11.0. The van der Waals surface area contributed by atoms with Crippen molar-refractivity contribution >= 4 is 29.0 Å². The van der Waals surface area contributed by atoms with Gasteiger partial charge in [-0.05, 0) is 31.5 Å². The van der Waals surface area contributed by atoms with Crippen LogP contribution in [0.4, 0.5) is 0 Å². The topological polar surface area (TPSA) is 17.1 Å². The van der Waals surface area contributed by atoms with Gasteiger partial charge in [-0.15, -0.1) is 0 Å². The molecule has 0 radical (unpaired) electrons. The lowest BCUT2D eigenvalue weighted by molar-refractivity contribution is 0.101. The molecule has 1 rings (SSSR count). The number of benzene rings is 1. The highest BCUT2D eigenvalue weighted by molar-refractivity contribution is 6.42. The summed E-state index contributed by atoms with van der Waals surface area (Å²) in [4.78, 5) is 11.0. The van der Waals surface area contributed by atoms with Crippen LogP contribution in [0.5, 0.6) is 0 Å². The standard InChI is InChI=1S/C9H8Cl2O/c1-5-7(6(2)12)3-4-8(10)9(5)11/h3-4H,1-2H3. The molecule has 0 fully saturated rings. The maximum absolute atomic E-state index is 11.0. The number of carbonyl (C=O) groups is 1. The summed E-state index contributed by atoms with van der Waals surface area (Å²) in [5.74, 6) is 0.00562. The fourth-order valence-electron chi connectivity index (χ4n) is 1.03. The molecule has 0 amide bonds. The third-order valence-corrected chi connectivity index (χ3v) is 2.62. The molecule has 0 atom stereocenters. The van der Waals surface area contributed by atoms with Gasteiger partial charge in [0.2, 0.25) is 0 Å². The molecule has 0 aliphatic carbocycles. The lowest BCUT2D eigenvalue weighted by Crippen LogP contribution is -1.96. The molecule has 0 spiro atoms. The quantitative estimate of drug-likeness (QED) is 0.638. The van der Waals surface area contributed by atoms with E-state index >= 15 is 0 Å². The molecule has 1 nitrogen and oxygen atoms in total. The summed E-state index contributed by atoms with van der Waals surface area (Å²) >= 11 is 11.6. The van der Waals surface area contributed by atoms with Gasteiger partial charge in [-0.25, -0.2) is 0 Å². The Kier molecular flexibility index (Phi) is 2.76. The van der Waals surface area contributed by atoms with Crippen LogP contribution in [0.2, 0.25) is 10.0 Å². The molecule has 64 valence electrons. The van der Waals surface area contributed by atoms with E-state index in [4.69, 9.17) is 23.2 Å². The molecule has 0 N–H and O–H groups in total. The highest BCUT2D eigenvalue weighted by atomic mass is 35.5. The molecule has 0 saturated heterocycles. The fourth-order valence-corrected chi connectivity index (χ4v) is 1.40. The van der Waals surface area contributed by atoms with Gasteiger partial charge in [0.15, 0.2) is 5.78 Å². The Morgan fingerprint density at radius 3 is 2.42 bits per heavy atom. The van der Waals surface area contributed by atoms with E-state index in [1.165, 1.54) is 6.92 Å². The number of carbonyl (C=O) groups excluding carboxylic acids is 1. The number of halogens is 2. The van der Waals surface area contributed by atoms with Gasteiger partial charge in [0.05, 0.1) is 10.0 Å². The van der Waals surface area contributed by atoms with Crippen molar-refractivity contribution in [1.82, 2.24) is 0 Å².